The highest BCUT2D eigenvalue weighted by Crippen LogP contribution is 2.18. The number of anilines is 1. The summed E-state index contributed by atoms with van der Waals surface area (Å²) >= 11 is 0. The van der Waals surface area contributed by atoms with Crippen LogP contribution in [0.2, 0.25) is 0 Å². The van der Waals surface area contributed by atoms with E-state index in [1.54, 1.807) is 26.6 Å². The molecule has 0 saturated carbocycles. The van der Waals surface area contributed by atoms with Gasteiger partial charge < -0.3 is 4.90 Å². The van der Waals surface area contributed by atoms with Crippen LogP contribution in [-0.4, -0.2) is 76.8 Å². The second kappa shape index (κ2) is 6.46. The Kier molecular flexibility index (Phi) is 4.52. The molecule has 0 atom stereocenters. The average Bonchev–Trinajstić information content (AvgIpc) is 3.09. The van der Waals surface area contributed by atoms with Gasteiger partial charge in [-0.25, -0.2) is 15.0 Å². The molecule has 1 aliphatic rings. The summed E-state index contributed by atoms with van der Waals surface area (Å²) < 4.78 is 28.9. The highest BCUT2D eigenvalue weighted by atomic mass is 32.2. The molecule has 0 radical (unpaired) electrons. The topological polar surface area (TPSA) is 87.5 Å². The highest BCUT2D eigenvalue weighted by Gasteiger charge is 2.29. The maximum atomic E-state index is 12.2. The van der Waals surface area contributed by atoms with Crippen LogP contribution in [0.4, 0.5) is 5.82 Å². The van der Waals surface area contributed by atoms with E-state index in [0.29, 0.717) is 32.0 Å². The fourth-order valence-corrected chi connectivity index (χ4v) is 3.69. The summed E-state index contributed by atoms with van der Waals surface area (Å²) in [5.74, 6) is 2.21. The third-order valence-corrected chi connectivity index (χ3v) is 5.87. The van der Waals surface area contributed by atoms with E-state index in [1.165, 1.54) is 8.61 Å². The molecule has 0 spiro atoms. The molecule has 0 amide bonds. The molecule has 0 N–H and O–H groups in total. The molecule has 24 heavy (non-hydrogen) atoms. The van der Waals surface area contributed by atoms with Crippen molar-refractivity contribution < 1.29 is 8.42 Å². The molecule has 3 rings (SSSR count). The van der Waals surface area contributed by atoms with Crippen LogP contribution in [0, 0.1) is 6.92 Å². The van der Waals surface area contributed by atoms with Gasteiger partial charge in [0.25, 0.3) is 10.2 Å². The Balaban J connectivity index is 1.78. The lowest BCUT2D eigenvalue weighted by molar-refractivity contribution is 0.355. The quantitative estimate of drug-likeness (QED) is 0.764. The summed E-state index contributed by atoms with van der Waals surface area (Å²) in [5.41, 5.74) is 0. The number of aromatic nitrogens is 4. The van der Waals surface area contributed by atoms with E-state index in [0.717, 1.165) is 11.6 Å². The fraction of sp³-hybridized carbons (Fsp3) is 0.500. The number of piperazine rings is 1. The second-order valence-electron chi connectivity index (χ2n) is 5.78. The van der Waals surface area contributed by atoms with Gasteiger partial charge in [0.1, 0.15) is 23.8 Å². The minimum atomic E-state index is -3.36. The number of imidazole rings is 1. The van der Waals surface area contributed by atoms with E-state index >= 15 is 0 Å². The van der Waals surface area contributed by atoms with Crippen LogP contribution in [0.15, 0.2) is 24.8 Å². The molecule has 1 aliphatic heterocycles. The van der Waals surface area contributed by atoms with Crippen LogP contribution in [0.3, 0.4) is 0 Å². The molecule has 130 valence electrons. The minimum absolute atomic E-state index is 0.434. The van der Waals surface area contributed by atoms with E-state index in [-0.39, 0.29) is 0 Å². The van der Waals surface area contributed by atoms with Crippen LogP contribution in [0.25, 0.3) is 5.82 Å². The van der Waals surface area contributed by atoms with Crippen molar-refractivity contribution in [1.82, 2.24) is 28.1 Å². The highest BCUT2D eigenvalue weighted by molar-refractivity contribution is 7.86. The van der Waals surface area contributed by atoms with Crippen LogP contribution in [-0.2, 0) is 10.2 Å². The van der Waals surface area contributed by atoms with Gasteiger partial charge in [-0.3, -0.25) is 4.57 Å². The number of hydrogen-bond acceptors (Lipinski definition) is 6. The second-order valence-corrected chi connectivity index (χ2v) is 7.92. The first-order chi connectivity index (χ1) is 11.4. The summed E-state index contributed by atoms with van der Waals surface area (Å²) in [6, 6.07) is 1.89. The van der Waals surface area contributed by atoms with E-state index in [4.69, 9.17) is 0 Å². The van der Waals surface area contributed by atoms with Crippen molar-refractivity contribution in [3.8, 4) is 5.82 Å². The zero-order valence-electron chi connectivity index (χ0n) is 14.0. The lowest BCUT2D eigenvalue weighted by atomic mass is 10.3. The van der Waals surface area contributed by atoms with Crippen LogP contribution >= 0.6 is 0 Å². The summed E-state index contributed by atoms with van der Waals surface area (Å²) in [6.07, 6.45) is 5.21. The molecule has 1 fully saturated rings. The average molecular weight is 351 g/mol. The molecule has 10 heteroatoms. The Morgan fingerprint density at radius 2 is 1.75 bits per heavy atom. The van der Waals surface area contributed by atoms with Crippen molar-refractivity contribution in [1.29, 1.82) is 0 Å². The zero-order chi connectivity index (χ0) is 17.3. The number of hydrogen-bond donors (Lipinski definition) is 0. The molecular formula is C14H21N7O2S. The van der Waals surface area contributed by atoms with Gasteiger partial charge >= 0.3 is 0 Å². The SMILES string of the molecule is Cc1nc(N2CCN(S(=O)(=O)N(C)C)CC2)cc(-n2ccnc2)n1. The molecule has 0 bridgehead atoms. The Bertz CT molecular complexity index is 797. The number of nitrogens with zero attached hydrogens (tertiary/aromatic N) is 7. The third kappa shape index (κ3) is 3.25. The predicted octanol–water partition coefficient (Wildman–Crippen LogP) is -0.101. The molecule has 9 nitrogen and oxygen atoms in total. The van der Waals surface area contributed by atoms with Crippen molar-refractivity contribution in [2.75, 3.05) is 45.2 Å². The molecule has 0 aromatic carbocycles. The van der Waals surface area contributed by atoms with Gasteiger partial charge in [0.15, 0.2) is 0 Å². The van der Waals surface area contributed by atoms with Gasteiger partial charge in [0, 0.05) is 58.7 Å². The van der Waals surface area contributed by atoms with E-state index in [1.807, 2.05) is 23.8 Å². The van der Waals surface area contributed by atoms with Crippen LogP contribution in [0.5, 0.6) is 0 Å². The summed E-state index contributed by atoms with van der Waals surface area (Å²) in [6.45, 7) is 3.89. The Hall–Kier alpha value is -2.04. The van der Waals surface area contributed by atoms with Crippen LogP contribution < -0.4 is 4.90 Å². The molecule has 2 aromatic heterocycles. The normalized spacial score (nSPS) is 16.8. The Labute approximate surface area is 141 Å². The van der Waals surface area contributed by atoms with Crippen LogP contribution in [0.1, 0.15) is 5.82 Å². The minimum Gasteiger partial charge on any atom is -0.354 e. The predicted molar refractivity (Wildman–Crippen MR) is 90.3 cm³/mol. The van der Waals surface area contributed by atoms with Gasteiger partial charge in [-0.2, -0.15) is 17.0 Å². The molecule has 2 aromatic rings. The Morgan fingerprint density at radius 1 is 1.08 bits per heavy atom. The van der Waals surface area contributed by atoms with E-state index < -0.39 is 10.2 Å². The lowest BCUT2D eigenvalue weighted by Crippen LogP contribution is -2.52. The first-order valence-corrected chi connectivity index (χ1v) is 9.04. The van der Waals surface area contributed by atoms with Gasteiger partial charge in [-0.05, 0) is 6.92 Å². The maximum absolute atomic E-state index is 12.2. The summed E-state index contributed by atoms with van der Waals surface area (Å²) in [7, 11) is -0.265. The van der Waals surface area contributed by atoms with E-state index in [9.17, 15) is 8.42 Å². The van der Waals surface area contributed by atoms with Crippen molar-refractivity contribution in [3.05, 3.63) is 30.6 Å². The van der Waals surface area contributed by atoms with Gasteiger partial charge in [0.2, 0.25) is 0 Å². The maximum Gasteiger partial charge on any atom is 0.281 e. The smallest absolute Gasteiger partial charge is 0.281 e. The molecule has 0 aliphatic carbocycles. The standard InChI is InChI=1S/C14H21N7O2S/c1-12-16-13(10-14(17-12)20-5-4-15-11-20)19-6-8-21(9-7-19)24(22,23)18(2)3/h4-5,10-11H,6-9H2,1-3H3. The van der Waals surface area contributed by atoms with Crippen molar-refractivity contribution in [2.45, 2.75) is 6.92 Å². The van der Waals surface area contributed by atoms with Gasteiger partial charge in [0.05, 0.1) is 0 Å². The summed E-state index contributed by atoms with van der Waals surface area (Å²) in [4.78, 5) is 15.0. The van der Waals surface area contributed by atoms with E-state index in [2.05, 4.69) is 19.9 Å². The first kappa shape index (κ1) is 16.8. The first-order valence-electron chi connectivity index (χ1n) is 7.64. The third-order valence-electron chi connectivity index (χ3n) is 3.93. The van der Waals surface area contributed by atoms with Crippen molar-refractivity contribution in [2.24, 2.45) is 0 Å². The van der Waals surface area contributed by atoms with Crippen molar-refractivity contribution >= 4 is 16.0 Å². The summed E-state index contributed by atoms with van der Waals surface area (Å²) in [5, 5.41) is 0. The fourth-order valence-electron chi connectivity index (χ4n) is 2.60. The molecule has 1 saturated heterocycles. The van der Waals surface area contributed by atoms with Gasteiger partial charge in [-0.1, -0.05) is 0 Å². The number of aryl methyl sites for hydroxylation is 1. The Morgan fingerprint density at radius 3 is 2.33 bits per heavy atom. The van der Waals surface area contributed by atoms with Gasteiger partial charge in [-0.15, -0.1) is 0 Å². The van der Waals surface area contributed by atoms with Crippen molar-refractivity contribution in [3.63, 3.8) is 0 Å². The molecule has 0 unspecified atom stereocenters. The lowest BCUT2D eigenvalue weighted by Gasteiger charge is -2.35. The molecule has 3 heterocycles. The molecular weight excluding hydrogens is 330 g/mol. The monoisotopic (exact) mass is 351 g/mol. The zero-order valence-corrected chi connectivity index (χ0v) is 14.8. The largest absolute Gasteiger partial charge is 0.354 e. The number of rotatable bonds is 4.